The van der Waals surface area contributed by atoms with Crippen LogP contribution in [0.3, 0.4) is 0 Å². The van der Waals surface area contributed by atoms with Gasteiger partial charge in [-0.1, -0.05) is 80.6 Å². The molecule has 3 heterocycles. The first-order valence-corrected chi connectivity index (χ1v) is 11.8. The highest BCUT2D eigenvalue weighted by Crippen LogP contribution is 2.49. The van der Waals surface area contributed by atoms with E-state index in [1.165, 1.54) is 60.9 Å². The van der Waals surface area contributed by atoms with Gasteiger partial charge < -0.3 is 4.57 Å². The van der Waals surface area contributed by atoms with Crippen molar-refractivity contribution in [3.8, 4) is 27.9 Å². The summed E-state index contributed by atoms with van der Waals surface area (Å²) in [6.45, 7) is 4.65. The van der Waals surface area contributed by atoms with E-state index in [9.17, 15) is 0 Å². The predicted octanol–water partition coefficient (Wildman–Crippen LogP) is 8.15. The number of rotatable bonds is 2. The highest BCUT2D eigenvalue weighted by Gasteiger charge is 2.35. The minimum absolute atomic E-state index is 0.154. The van der Waals surface area contributed by atoms with Crippen LogP contribution in [0.5, 0.6) is 0 Å². The molecule has 0 N–H and O–H groups in total. The molecular weight excluding hydrogens is 412 g/mol. The lowest BCUT2D eigenvalue weighted by molar-refractivity contribution is 0.627. The smallest absolute Gasteiger partial charge is 0.0582 e. The highest BCUT2D eigenvalue weighted by molar-refractivity contribution is 6.13. The standard InChI is InChI=1S/C32H24N2/c1-32(2)27-19-24(22-11-7-4-8-12-22)18-26-25-17-23(21-9-5-3-6-10-21)13-14-29(25)34(31(26)27)30-15-16-33-20-28(30)32/h3-20H,1-2H3. The Kier molecular flexibility index (Phi) is 3.93. The van der Waals surface area contributed by atoms with Crippen molar-refractivity contribution in [3.63, 3.8) is 0 Å². The van der Waals surface area contributed by atoms with Crippen molar-refractivity contribution in [2.75, 3.05) is 0 Å². The van der Waals surface area contributed by atoms with E-state index in [4.69, 9.17) is 0 Å². The Morgan fingerprint density at radius 2 is 1.29 bits per heavy atom. The van der Waals surface area contributed by atoms with E-state index >= 15 is 0 Å². The number of benzene rings is 4. The Balaban J connectivity index is 1.65. The van der Waals surface area contributed by atoms with Crippen LogP contribution in [0.2, 0.25) is 0 Å². The summed E-state index contributed by atoms with van der Waals surface area (Å²) in [4.78, 5) is 4.52. The van der Waals surface area contributed by atoms with Crippen LogP contribution < -0.4 is 0 Å². The molecule has 0 unspecified atom stereocenters. The van der Waals surface area contributed by atoms with Crippen molar-refractivity contribution in [3.05, 3.63) is 121 Å². The van der Waals surface area contributed by atoms with Gasteiger partial charge in [-0.25, -0.2) is 0 Å². The molecule has 1 aliphatic heterocycles. The second-order valence-electron chi connectivity index (χ2n) is 9.74. The lowest BCUT2D eigenvalue weighted by atomic mass is 9.74. The third kappa shape index (κ3) is 2.60. The van der Waals surface area contributed by atoms with Gasteiger partial charge in [0.25, 0.3) is 0 Å². The SMILES string of the molecule is CC1(C)c2cnccc2-n2c3ccc(-c4ccccc4)cc3c3cc(-c4ccccc4)cc1c32. The fraction of sp³-hybridized carbons (Fsp3) is 0.0938. The maximum Gasteiger partial charge on any atom is 0.0582 e. The van der Waals surface area contributed by atoms with Crippen molar-refractivity contribution in [1.29, 1.82) is 0 Å². The molecular formula is C32H24N2. The molecule has 0 saturated heterocycles. The summed E-state index contributed by atoms with van der Waals surface area (Å²) in [5.74, 6) is 0. The zero-order valence-corrected chi connectivity index (χ0v) is 19.3. The van der Waals surface area contributed by atoms with Crippen LogP contribution in [-0.2, 0) is 5.41 Å². The first kappa shape index (κ1) is 19.3. The van der Waals surface area contributed by atoms with Gasteiger partial charge in [-0.15, -0.1) is 0 Å². The van der Waals surface area contributed by atoms with Crippen molar-refractivity contribution >= 4 is 21.8 Å². The van der Waals surface area contributed by atoms with E-state index in [1.54, 1.807) is 0 Å². The summed E-state index contributed by atoms with van der Waals surface area (Å²) in [5, 5.41) is 2.59. The van der Waals surface area contributed by atoms with Gasteiger partial charge in [-0.05, 0) is 58.1 Å². The number of hydrogen-bond donors (Lipinski definition) is 0. The molecule has 6 aromatic rings. The second kappa shape index (κ2) is 6.91. The molecule has 162 valence electrons. The fourth-order valence-corrected chi connectivity index (χ4v) is 5.69. The van der Waals surface area contributed by atoms with Gasteiger partial charge in [-0.2, -0.15) is 0 Å². The first-order chi connectivity index (χ1) is 16.6. The van der Waals surface area contributed by atoms with E-state index in [-0.39, 0.29) is 5.41 Å². The van der Waals surface area contributed by atoms with Crippen molar-refractivity contribution in [1.82, 2.24) is 9.55 Å². The monoisotopic (exact) mass is 436 g/mol. The minimum atomic E-state index is -0.154. The lowest BCUT2D eigenvalue weighted by Gasteiger charge is -2.34. The Bertz CT molecular complexity index is 1710. The minimum Gasteiger partial charge on any atom is -0.309 e. The third-order valence-electron chi connectivity index (χ3n) is 7.46. The Labute approximate surface area is 199 Å². The molecule has 1 aliphatic rings. The van der Waals surface area contributed by atoms with Gasteiger partial charge in [0, 0.05) is 34.1 Å². The number of pyridine rings is 1. The molecule has 0 bridgehead atoms. The molecule has 0 fully saturated rings. The number of hydrogen-bond acceptors (Lipinski definition) is 1. The van der Waals surface area contributed by atoms with E-state index in [1.807, 2.05) is 12.4 Å². The molecule has 2 aromatic heterocycles. The summed E-state index contributed by atoms with van der Waals surface area (Å²) in [7, 11) is 0. The summed E-state index contributed by atoms with van der Waals surface area (Å²) in [6, 6.07) is 35.2. The van der Waals surface area contributed by atoms with Crippen LogP contribution in [0.4, 0.5) is 0 Å². The molecule has 2 nitrogen and oxygen atoms in total. The lowest BCUT2D eigenvalue weighted by Crippen LogP contribution is -2.26. The normalized spacial score (nSPS) is 13.8. The highest BCUT2D eigenvalue weighted by atomic mass is 15.0. The molecule has 0 saturated carbocycles. The van der Waals surface area contributed by atoms with Crippen molar-refractivity contribution in [2.45, 2.75) is 19.3 Å². The molecule has 0 aliphatic carbocycles. The molecule has 0 atom stereocenters. The van der Waals surface area contributed by atoms with E-state index in [2.05, 4.69) is 120 Å². The van der Waals surface area contributed by atoms with Crippen LogP contribution in [0.1, 0.15) is 25.0 Å². The summed E-state index contributed by atoms with van der Waals surface area (Å²) in [5.41, 5.74) is 11.2. The average Bonchev–Trinajstić information content (AvgIpc) is 3.22. The summed E-state index contributed by atoms with van der Waals surface area (Å²) < 4.78 is 2.45. The van der Waals surface area contributed by atoms with Crippen LogP contribution in [-0.4, -0.2) is 9.55 Å². The maximum absolute atomic E-state index is 4.52. The van der Waals surface area contributed by atoms with Crippen LogP contribution >= 0.6 is 0 Å². The Hall–Kier alpha value is -4.17. The third-order valence-corrected chi connectivity index (χ3v) is 7.46. The van der Waals surface area contributed by atoms with E-state index in [0.29, 0.717) is 0 Å². The molecule has 7 rings (SSSR count). The Morgan fingerprint density at radius 3 is 2.03 bits per heavy atom. The van der Waals surface area contributed by atoms with Crippen molar-refractivity contribution in [2.24, 2.45) is 0 Å². The van der Waals surface area contributed by atoms with Crippen molar-refractivity contribution < 1.29 is 0 Å². The maximum atomic E-state index is 4.52. The van der Waals surface area contributed by atoms with Gasteiger partial charge in [0.05, 0.1) is 16.7 Å². The number of aromatic nitrogens is 2. The number of fused-ring (bicyclic) bond motifs is 5. The fourth-order valence-electron chi connectivity index (χ4n) is 5.69. The molecule has 2 heteroatoms. The first-order valence-electron chi connectivity index (χ1n) is 11.8. The van der Waals surface area contributed by atoms with Gasteiger partial charge in [-0.3, -0.25) is 4.98 Å². The average molecular weight is 437 g/mol. The van der Waals surface area contributed by atoms with E-state index in [0.717, 1.165) is 0 Å². The second-order valence-corrected chi connectivity index (χ2v) is 9.74. The molecule has 4 aromatic carbocycles. The molecule has 34 heavy (non-hydrogen) atoms. The molecule has 0 spiro atoms. The number of nitrogens with zero attached hydrogens (tertiary/aromatic N) is 2. The quantitative estimate of drug-likeness (QED) is 0.268. The van der Waals surface area contributed by atoms with Gasteiger partial charge in [0.1, 0.15) is 0 Å². The van der Waals surface area contributed by atoms with Gasteiger partial charge in [0.15, 0.2) is 0 Å². The van der Waals surface area contributed by atoms with E-state index < -0.39 is 0 Å². The van der Waals surface area contributed by atoms with Crippen LogP contribution in [0.25, 0.3) is 49.7 Å². The topological polar surface area (TPSA) is 17.8 Å². The molecule has 0 radical (unpaired) electrons. The zero-order valence-electron chi connectivity index (χ0n) is 19.3. The van der Waals surface area contributed by atoms with Gasteiger partial charge >= 0.3 is 0 Å². The predicted molar refractivity (Wildman–Crippen MR) is 142 cm³/mol. The Morgan fingerprint density at radius 1 is 0.618 bits per heavy atom. The largest absolute Gasteiger partial charge is 0.309 e. The summed E-state index contributed by atoms with van der Waals surface area (Å²) >= 11 is 0. The van der Waals surface area contributed by atoms with Crippen LogP contribution in [0.15, 0.2) is 109 Å². The zero-order chi connectivity index (χ0) is 22.9. The van der Waals surface area contributed by atoms with Crippen LogP contribution in [0, 0.1) is 0 Å². The summed E-state index contributed by atoms with van der Waals surface area (Å²) in [6.07, 6.45) is 3.96. The van der Waals surface area contributed by atoms with Gasteiger partial charge in [0.2, 0.25) is 0 Å². The molecule has 0 amide bonds.